The Bertz CT molecular complexity index is 350. The maximum absolute atomic E-state index is 12.4. The Balaban J connectivity index is 0.00000242. The second-order valence-corrected chi connectivity index (χ2v) is 7.53. The van der Waals surface area contributed by atoms with E-state index in [0.29, 0.717) is 5.92 Å². The lowest BCUT2D eigenvalue weighted by Crippen LogP contribution is -2.53. The number of nitrogens with two attached hydrogens (primary N) is 1. The molecule has 7 heteroatoms. The van der Waals surface area contributed by atoms with Crippen molar-refractivity contribution in [3.8, 4) is 0 Å². The lowest BCUT2D eigenvalue weighted by molar-refractivity contribution is -0.136. The molecule has 138 valence electrons. The van der Waals surface area contributed by atoms with E-state index in [-0.39, 0.29) is 36.1 Å². The van der Waals surface area contributed by atoms with E-state index in [0.717, 1.165) is 58.8 Å². The Kier molecular flexibility index (Phi) is 10.0. The number of amides is 1. The predicted octanol–water partition coefficient (Wildman–Crippen LogP) is 1.77. The summed E-state index contributed by atoms with van der Waals surface area (Å²) in [5.41, 5.74) is 5.93. The highest BCUT2D eigenvalue weighted by molar-refractivity contribution is 5.85. The molecule has 0 saturated carbocycles. The highest BCUT2D eigenvalue weighted by Crippen LogP contribution is 2.23. The Morgan fingerprint density at radius 1 is 1.13 bits per heavy atom. The average Bonchev–Trinajstić information content (AvgIpc) is 2.46. The summed E-state index contributed by atoms with van der Waals surface area (Å²) >= 11 is 0. The monoisotopic (exact) mass is 369 g/mol. The quantitative estimate of drug-likeness (QED) is 0.823. The molecule has 0 radical (unpaired) electrons. The van der Waals surface area contributed by atoms with Gasteiger partial charge in [0.25, 0.3) is 0 Å². The van der Waals surface area contributed by atoms with E-state index >= 15 is 0 Å². The highest BCUT2D eigenvalue weighted by atomic mass is 35.5. The summed E-state index contributed by atoms with van der Waals surface area (Å²) in [7, 11) is 0. The minimum atomic E-state index is -0.395. The Morgan fingerprint density at radius 3 is 2.13 bits per heavy atom. The molecule has 0 aliphatic carbocycles. The van der Waals surface area contributed by atoms with Crippen molar-refractivity contribution in [1.29, 1.82) is 0 Å². The molecule has 0 bridgehead atoms. The standard InChI is InChI=1S/C16H31N3O2.2ClH/c1-16(2,3)14(17)15(20)19-6-4-13(5-7-19)12-18-8-10-21-11-9-18;;/h13-14H,4-12,17H2,1-3H3;2*1H/t14-;;/m1../s1. The number of nitrogens with zero attached hydrogens (tertiary/aromatic N) is 2. The number of hydrogen-bond donors (Lipinski definition) is 1. The summed E-state index contributed by atoms with van der Waals surface area (Å²) in [5, 5.41) is 0. The Hall–Kier alpha value is -0.0700. The largest absolute Gasteiger partial charge is 0.379 e. The number of morpholine rings is 1. The average molecular weight is 370 g/mol. The van der Waals surface area contributed by atoms with Gasteiger partial charge in [0.1, 0.15) is 0 Å². The van der Waals surface area contributed by atoms with Crippen LogP contribution in [0.3, 0.4) is 0 Å². The van der Waals surface area contributed by atoms with Crippen molar-refractivity contribution >= 4 is 30.7 Å². The molecule has 2 rings (SSSR count). The lowest BCUT2D eigenvalue weighted by Gasteiger charge is -2.38. The molecule has 2 saturated heterocycles. The van der Waals surface area contributed by atoms with Crippen LogP contribution in [0.2, 0.25) is 0 Å². The summed E-state index contributed by atoms with van der Waals surface area (Å²) in [6.45, 7) is 12.8. The van der Waals surface area contributed by atoms with Gasteiger partial charge in [-0.2, -0.15) is 0 Å². The van der Waals surface area contributed by atoms with Crippen molar-refractivity contribution in [3.05, 3.63) is 0 Å². The molecule has 0 unspecified atom stereocenters. The normalized spacial score (nSPS) is 22.0. The number of hydrogen-bond acceptors (Lipinski definition) is 4. The van der Waals surface area contributed by atoms with E-state index in [9.17, 15) is 4.79 Å². The molecule has 2 fully saturated rings. The fourth-order valence-corrected chi connectivity index (χ4v) is 3.05. The van der Waals surface area contributed by atoms with Crippen molar-refractivity contribution in [1.82, 2.24) is 9.80 Å². The minimum absolute atomic E-state index is 0. The third-order valence-electron chi connectivity index (χ3n) is 4.75. The van der Waals surface area contributed by atoms with Gasteiger partial charge in [0.05, 0.1) is 19.3 Å². The number of likely N-dealkylation sites (tertiary alicyclic amines) is 1. The van der Waals surface area contributed by atoms with Crippen LogP contribution in [0.25, 0.3) is 0 Å². The van der Waals surface area contributed by atoms with Gasteiger partial charge in [-0.3, -0.25) is 9.69 Å². The maximum atomic E-state index is 12.4. The minimum Gasteiger partial charge on any atom is -0.379 e. The van der Waals surface area contributed by atoms with E-state index < -0.39 is 6.04 Å². The lowest BCUT2D eigenvalue weighted by atomic mass is 9.86. The third-order valence-corrected chi connectivity index (χ3v) is 4.75. The van der Waals surface area contributed by atoms with Crippen LogP contribution in [-0.2, 0) is 9.53 Å². The Labute approximate surface area is 153 Å². The van der Waals surface area contributed by atoms with Gasteiger partial charge in [-0.15, -0.1) is 24.8 Å². The van der Waals surface area contributed by atoms with Crippen LogP contribution in [0.15, 0.2) is 0 Å². The van der Waals surface area contributed by atoms with Crippen LogP contribution in [0, 0.1) is 11.3 Å². The second kappa shape index (κ2) is 10.0. The van der Waals surface area contributed by atoms with Crippen LogP contribution in [0.5, 0.6) is 0 Å². The number of carbonyl (C=O) groups excluding carboxylic acids is 1. The Morgan fingerprint density at radius 2 is 1.65 bits per heavy atom. The third kappa shape index (κ3) is 6.75. The van der Waals surface area contributed by atoms with E-state index in [1.54, 1.807) is 0 Å². The topological polar surface area (TPSA) is 58.8 Å². The number of piperidine rings is 1. The first-order valence-corrected chi connectivity index (χ1v) is 8.22. The summed E-state index contributed by atoms with van der Waals surface area (Å²) in [4.78, 5) is 16.9. The molecule has 2 heterocycles. The summed E-state index contributed by atoms with van der Waals surface area (Å²) in [6.07, 6.45) is 2.19. The summed E-state index contributed by atoms with van der Waals surface area (Å²) < 4.78 is 5.39. The maximum Gasteiger partial charge on any atom is 0.240 e. The molecule has 2 aliphatic heterocycles. The van der Waals surface area contributed by atoms with Crippen molar-refractivity contribution in [2.75, 3.05) is 45.9 Å². The predicted molar refractivity (Wildman–Crippen MR) is 98.5 cm³/mol. The van der Waals surface area contributed by atoms with Gasteiger partial charge in [0, 0.05) is 32.7 Å². The summed E-state index contributed by atoms with van der Waals surface area (Å²) in [6, 6.07) is -0.395. The van der Waals surface area contributed by atoms with Crippen molar-refractivity contribution in [3.63, 3.8) is 0 Å². The molecule has 0 aromatic rings. The molecular weight excluding hydrogens is 337 g/mol. The van der Waals surface area contributed by atoms with Gasteiger partial charge >= 0.3 is 0 Å². The van der Waals surface area contributed by atoms with Gasteiger partial charge in [0.15, 0.2) is 0 Å². The SMILES string of the molecule is CC(C)(C)[C@H](N)C(=O)N1CCC(CN2CCOCC2)CC1.Cl.Cl. The first kappa shape index (κ1) is 22.9. The molecule has 5 nitrogen and oxygen atoms in total. The molecular formula is C16H33Cl2N3O2. The second-order valence-electron chi connectivity index (χ2n) is 7.53. The van der Waals surface area contributed by atoms with Gasteiger partial charge in [-0.05, 0) is 24.2 Å². The number of ether oxygens (including phenoxy) is 1. The first-order valence-electron chi connectivity index (χ1n) is 8.22. The first-order chi connectivity index (χ1) is 9.88. The van der Waals surface area contributed by atoms with Gasteiger partial charge in [0.2, 0.25) is 5.91 Å². The van der Waals surface area contributed by atoms with Crippen LogP contribution in [0.4, 0.5) is 0 Å². The van der Waals surface area contributed by atoms with Crippen LogP contribution < -0.4 is 5.73 Å². The van der Waals surface area contributed by atoms with Crippen molar-refractivity contribution in [2.24, 2.45) is 17.1 Å². The van der Waals surface area contributed by atoms with E-state index in [4.69, 9.17) is 10.5 Å². The fraction of sp³-hybridized carbons (Fsp3) is 0.938. The molecule has 0 aromatic carbocycles. The van der Waals surface area contributed by atoms with E-state index in [2.05, 4.69) is 4.90 Å². The highest BCUT2D eigenvalue weighted by Gasteiger charge is 2.33. The molecule has 0 spiro atoms. The molecule has 2 N–H and O–H groups in total. The zero-order chi connectivity index (χ0) is 15.5. The van der Waals surface area contributed by atoms with Crippen molar-refractivity contribution in [2.45, 2.75) is 39.7 Å². The smallest absolute Gasteiger partial charge is 0.240 e. The number of carbonyl (C=O) groups is 1. The van der Waals surface area contributed by atoms with Crippen molar-refractivity contribution < 1.29 is 9.53 Å². The van der Waals surface area contributed by atoms with Gasteiger partial charge in [-0.25, -0.2) is 0 Å². The molecule has 23 heavy (non-hydrogen) atoms. The number of halogens is 2. The van der Waals surface area contributed by atoms with Crippen LogP contribution >= 0.6 is 24.8 Å². The fourth-order valence-electron chi connectivity index (χ4n) is 3.05. The molecule has 1 atom stereocenters. The van der Waals surface area contributed by atoms with E-state index in [1.165, 1.54) is 0 Å². The zero-order valence-corrected chi connectivity index (χ0v) is 16.3. The van der Waals surface area contributed by atoms with Crippen LogP contribution in [0.1, 0.15) is 33.6 Å². The van der Waals surface area contributed by atoms with Crippen LogP contribution in [-0.4, -0.2) is 67.7 Å². The van der Waals surface area contributed by atoms with E-state index in [1.807, 2.05) is 25.7 Å². The molecule has 0 aromatic heterocycles. The van der Waals surface area contributed by atoms with Gasteiger partial charge < -0.3 is 15.4 Å². The van der Waals surface area contributed by atoms with Gasteiger partial charge in [-0.1, -0.05) is 20.8 Å². The zero-order valence-electron chi connectivity index (χ0n) is 14.6. The summed E-state index contributed by atoms with van der Waals surface area (Å²) in [5.74, 6) is 0.824. The molecule has 2 aliphatic rings. The molecule has 1 amide bonds. The number of rotatable bonds is 3.